The highest BCUT2D eigenvalue weighted by atomic mass is 35.5. The third-order valence-corrected chi connectivity index (χ3v) is 3.37. The molecule has 0 aliphatic carbocycles. The molecule has 6 heteroatoms. The number of azide groups is 1. The molecule has 0 radical (unpaired) electrons. The molecular formula is C11H9ClN4S. The van der Waals surface area contributed by atoms with E-state index in [0.717, 1.165) is 16.3 Å². The molecule has 1 aromatic heterocycles. The van der Waals surface area contributed by atoms with Gasteiger partial charge < -0.3 is 0 Å². The Hall–Kier alpha value is -1.55. The van der Waals surface area contributed by atoms with Gasteiger partial charge in [0.05, 0.1) is 5.69 Å². The summed E-state index contributed by atoms with van der Waals surface area (Å²) in [5.74, 6) is 0. The van der Waals surface area contributed by atoms with Crippen molar-refractivity contribution in [1.29, 1.82) is 0 Å². The highest BCUT2D eigenvalue weighted by Crippen LogP contribution is 2.25. The Kier molecular flexibility index (Phi) is 3.98. The summed E-state index contributed by atoms with van der Waals surface area (Å²) in [7, 11) is 0. The molecule has 0 spiro atoms. The standard InChI is InChI=1S/C11H9ClN4S/c12-9-3-1-8(2-4-9)11-15-10(7-17-11)5-6-14-16-13/h1-4,7H,5-6H2. The lowest BCUT2D eigenvalue weighted by Crippen LogP contribution is -1.88. The fourth-order valence-electron chi connectivity index (χ4n) is 1.36. The van der Waals surface area contributed by atoms with Crippen LogP contribution in [0.15, 0.2) is 34.8 Å². The van der Waals surface area contributed by atoms with Crippen LogP contribution in [-0.4, -0.2) is 11.5 Å². The smallest absolute Gasteiger partial charge is 0.123 e. The van der Waals surface area contributed by atoms with E-state index in [9.17, 15) is 0 Å². The SMILES string of the molecule is [N-]=[N+]=NCCc1csc(-c2ccc(Cl)cc2)n1. The van der Waals surface area contributed by atoms with E-state index < -0.39 is 0 Å². The van der Waals surface area contributed by atoms with Crippen LogP contribution in [0.1, 0.15) is 5.69 Å². The lowest BCUT2D eigenvalue weighted by molar-refractivity contribution is 0.926. The first kappa shape index (κ1) is 11.9. The summed E-state index contributed by atoms with van der Waals surface area (Å²) in [6.45, 7) is 0.445. The fourth-order valence-corrected chi connectivity index (χ4v) is 2.34. The van der Waals surface area contributed by atoms with E-state index in [0.29, 0.717) is 18.0 Å². The van der Waals surface area contributed by atoms with Gasteiger partial charge in [0.1, 0.15) is 5.01 Å². The lowest BCUT2D eigenvalue weighted by atomic mass is 10.2. The maximum Gasteiger partial charge on any atom is 0.123 e. The summed E-state index contributed by atoms with van der Waals surface area (Å²) in [4.78, 5) is 7.19. The molecule has 1 heterocycles. The summed E-state index contributed by atoms with van der Waals surface area (Å²) in [5.41, 5.74) is 10.2. The Balaban J connectivity index is 2.12. The van der Waals surface area contributed by atoms with Gasteiger partial charge in [-0.05, 0) is 24.1 Å². The maximum atomic E-state index is 8.18. The molecule has 0 bridgehead atoms. The van der Waals surface area contributed by atoms with Gasteiger partial charge in [-0.1, -0.05) is 28.8 Å². The molecular weight excluding hydrogens is 256 g/mol. The minimum absolute atomic E-state index is 0.445. The molecule has 0 saturated heterocycles. The zero-order valence-electron chi connectivity index (χ0n) is 8.88. The molecule has 2 aromatic rings. The van der Waals surface area contributed by atoms with E-state index in [1.165, 1.54) is 0 Å². The number of aromatic nitrogens is 1. The van der Waals surface area contributed by atoms with Crippen molar-refractivity contribution in [3.63, 3.8) is 0 Å². The monoisotopic (exact) mass is 264 g/mol. The summed E-state index contributed by atoms with van der Waals surface area (Å²) in [6.07, 6.45) is 0.675. The van der Waals surface area contributed by atoms with Crippen LogP contribution in [0.3, 0.4) is 0 Å². The Morgan fingerprint density at radius 3 is 2.82 bits per heavy atom. The zero-order chi connectivity index (χ0) is 12.1. The van der Waals surface area contributed by atoms with Gasteiger partial charge in [0.25, 0.3) is 0 Å². The normalized spacial score (nSPS) is 9.94. The Bertz CT molecular complexity index is 543. The summed E-state index contributed by atoms with van der Waals surface area (Å²) in [5, 5.41) is 7.14. The Labute approximate surface area is 108 Å². The Morgan fingerprint density at radius 1 is 1.35 bits per heavy atom. The van der Waals surface area contributed by atoms with Crippen LogP contribution < -0.4 is 0 Å². The average Bonchev–Trinajstić information content (AvgIpc) is 2.79. The summed E-state index contributed by atoms with van der Waals surface area (Å²) >= 11 is 7.40. The summed E-state index contributed by atoms with van der Waals surface area (Å²) in [6, 6.07) is 7.58. The minimum Gasteiger partial charge on any atom is -0.241 e. The molecule has 0 aliphatic rings. The van der Waals surface area contributed by atoms with Crippen molar-refractivity contribution >= 4 is 22.9 Å². The van der Waals surface area contributed by atoms with Crippen molar-refractivity contribution in [3.05, 3.63) is 50.8 Å². The molecule has 4 nitrogen and oxygen atoms in total. The van der Waals surface area contributed by atoms with Crippen LogP contribution in [0.5, 0.6) is 0 Å². The van der Waals surface area contributed by atoms with Gasteiger partial charge in [-0.25, -0.2) is 4.98 Å². The average molecular weight is 265 g/mol. The third kappa shape index (κ3) is 3.20. The van der Waals surface area contributed by atoms with Gasteiger partial charge in [-0.2, -0.15) is 0 Å². The molecule has 0 fully saturated rings. The fraction of sp³-hybridized carbons (Fsp3) is 0.182. The van der Waals surface area contributed by atoms with Crippen LogP contribution in [0, 0.1) is 0 Å². The number of nitrogens with zero attached hydrogens (tertiary/aromatic N) is 4. The van der Waals surface area contributed by atoms with Gasteiger partial charge in [-0.15, -0.1) is 11.3 Å². The van der Waals surface area contributed by atoms with Crippen molar-refractivity contribution in [2.45, 2.75) is 6.42 Å². The molecule has 1 aromatic carbocycles. The van der Waals surface area contributed by atoms with Crippen LogP contribution in [0.4, 0.5) is 0 Å². The quantitative estimate of drug-likeness (QED) is 0.461. The van der Waals surface area contributed by atoms with Crippen LogP contribution in [-0.2, 0) is 6.42 Å². The number of rotatable bonds is 4. The largest absolute Gasteiger partial charge is 0.241 e. The van der Waals surface area contributed by atoms with Crippen molar-refractivity contribution < 1.29 is 0 Å². The van der Waals surface area contributed by atoms with E-state index in [4.69, 9.17) is 17.1 Å². The zero-order valence-corrected chi connectivity index (χ0v) is 10.4. The molecule has 0 N–H and O–H groups in total. The minimum atomic E-state index is 0.445. The topological polar surface area (TPSA) is 61.7 Å². The first-order valence-electron chi connectivity index (χ1n) is 5.01. The highest BCUT2D eigenvalue weighted by molar-refractivity contribution is 7.13. The molecule has 17 heavy (non-hydrogen) atoms. The molecule has 0 amide bonds. The predicted molar refractivity (Wildman–Crippen MR) is 70.3 cm³/mol. The summed E-state index contributed by atoms with van der Waals surface area (Å²) < 4.78 is 0. The van der Waals surface area contributed by atoms with E-state index >= 15 is 0 Å². The number of benzene rings is 1. The van der Waals surface area contributed by atoms with Crippen molar-refractivity contribution in [2.24, 2.45) is 5.11 Å². The van der Waals surface area contributed by atoms with Gasteiger partial charge in [0, 0.05) is 27.4 Å². The third-order valence-electron chi connectivity index (χ3n) is 2.17. The molecule has 2 rings (SSSR count). The van der Waals surface area contributed by atoms with Crippen LogP contribution in [0.2, 0.25) is 5.02 Å². The molecule has 0 saturated carbocycles. The van der Waals surface area contributed by atoms with Gasteiger partial charge >= 0.3 is 0 Å². The number of halogens is 1. The van der Waals surface area contributed by atoms with Crippen molar-refractivity contribution in [3.8, 4) is 10.6 Å². The van der Waals surface area contributed by atoms with Gasteiger partial charge in [0.15, 0.2) is 0 Å². The lowest BCUT2D eigenvalue weighted by Gasteiger charge is -1.95. The molecule has 86 valence electrons. The van der Waals surface area contributed by atoms with Crippen molar-refractivity contribution in [2.75, 3.05) is 6.54 Å². The maximum absolute atomic E-state index is 8.18. The first-order chi connectivity index (χ1) is 8.29. The van der Waals surface area contributed by atoms with Gasteiger partial charge in [0.2, 0.25) is 0 Å². The first-order valence-corrected chi connectivity index (χ1v) is 6.26. The molecule has 0 aliphatic heterocycles. The van der Waals surface area contributed by atoms with E-state index in [-0.39, 0.29) is 0 Å². The number of hydrogen-bond donors (Lipinski definition) is 0. The second-order valence-electron chi connectivity index (χ2n) is 3.36. The second-order valence-corrected chi connectivity index (χ2v) is 4.65. The number of thiazole rings is 1. The number of hydrogen-bond acceptors (Lipinski definition) is 3. The van der Waals surface area contributed by atoms with E-state index in [1.54, 1.807) is 11.3 Å². The van der Waals surface area contributed by atoms with E-state index in [1.807, 2.05) is 29.6 Å². The van der Waals surface area contributed by atoms with E-state index in [2.05, 4.69) is 15.0 Å². The van der Waals surface area contributed by atoms with Crippen LogP contribution >= 0.6 is 22.9 Å². The Morgan fingerprint density at radius 2 is 2.12 bits per heavy atom. The highest BCUT2D eigenvalue weighted by Gasteiger charge is 2.04. The predicted octanol–water partition coefficient (Wildman–Crippen LogP) is 4.32. The molecule has 0 atom stereocenters. The second kappa shape index (κ2) is 5.68. The van der Waals surface area contributed by atoms with Crippen LogP contribution in [0.25, 0.3) is 21.0 Å². The van der Waals surface area contributed by atoms with Gasteiger partial charge in [-0.3, -0.25) is 0 Å². The van der Waals surface area contributed by atoms with Crippen molar-refractivity contribution in [1.82, 2.24) is 4.98 Å². The molecule has 0 unspecified atom stereocenters.